The molecule has 460 valence electrons. The summed E-state index contributed by atoms with van der Waals surface area (Å²) in [5.74, 6) is 0. The van der Waals surface area contributed by atoms with E-state index in [4.69, 9.17) is 28.8 Å². The zero-order chi connectivity index (χ0) is 62.7. The van der Waals surface area contributed by atoms with Gasteiger partial charge in [0.2, 0.25) is 8.32 Å². The number of rotatable bonds is 31. The SMILES string of the molecule is C[SiH](C)O[Si](O[Si](C)(C)CC[Si](C)(C)O[Si](O[Si](C)(C)CC[Si](C)(C)O[Si](O[Si](C)(C)CC[Si](C)(C)O[Si](C)(c1ccccc1)c1ccccc1)(c1ccccc1)c1ccccc1)(c1ccccc1)c1ccccc1)(c1ccccc1)c1ccccc1. The van der Waals surface area contributed by atoms with Crippen molar-refractivity contribution in [1.82, 2.24) is 0 Å². The van der Waals surface area contributed by atoms with Gasteiger partial charge in [0.05, 0.1) is 0 Å². The highest BCUT2D eigenvalue weighted by Gasteiger charge is 2.55. The van der Waals surface area contributed by atoms with Gasteiger partial charge in [0.1, 0.15) is 0 Å². The maximum atomic E-state index is 8.15. The molecule has 0 aliphatic heterocycles. The van der Waals surface area contributed by atoms with Gasteiger partial charge in [-0.25, -0.2) is 0 Å². The average molecular weight is 1350 g/mol. The van der Waals surface area contributed by atoms with Gasteiger partial charge in [-0.3, -0.25) is 0 Å². The second-order valence-corrected chi connectivity index (χ2v) is 70.1. The quantitative estimate of drug-likeness (QED) is 0.0401. The van der Waals surface area contributed by atoms with Crippen LogP contribution in [0.1, 0.15) is 0 Å². The van der Waals surface area contributed by atoms with E-state index in [1.54, 1.807) is 0 Å². The van der Waals surface area contributed by atoms with Crippen LogP contribution in [0.25, 0.3) is 0 Å². The van der Waals surface area contributed by atoms with Crippen molar-refractivity contribution < 1.29 is 28.8 Å². The molecule has 0 atom stereocenters. The largest absolute Gasteiger partial charge is 0.449 e. The molecule has 0 aliphatic rings. The van der Waals surface area contributed by atoms with Crippen LogP contribution in [0.5, 0.6) is 0 Å². The Balaban J connectivity index is 1.07. The summed E-state index contributed by atoms with van der Waals surface area (Å²) in [6, 6.07) is 92.9. The smallest absolute Gasteiger partial charge is 0.386 e. The van der Waals surface area contributed by atoms with Crippen molar-refractivity contribution in [2.24, 2.45) is 0 Å². The standard InChI is InChI=1S/C69H98O7Si11/c1-77(2)70-85(64-44-28-18-29-45-64,65-46-30-19-31-47-65)72-79(5,6)58-59-81(9,10)74-87(68-52-36-22-37-53-68,69-54-38-23-39-55-69)76-83(13,14)61-60-82(11,12)75-86(66-48-32-20-33-49-66,67-50-34-21-35-51-67)73-80(7,8)57-56-78(3,4)71-84(15,62-40-24-16-25-41-62)63-42-26-17-27-43-63/h16-55,77H,56-61H2,1-15H3. The minimum absolute atomic E-state index is 0.905. The molecular formula is C69H98O7Si11. The summed E-state index contributed by atoms with van der Waals surface area (Å²) in [7, 11) is -29.0. The van der Waals surface area contributed by atoms with Crippen LogP contribution in [0, 0.1) is 0 Å². The lowest BCUT2D eigenvalue weighted by atomic mass is 10.4. The molecule has 8 aromatic carbocycles. The first-order chi connectivity index (χ1) is 41.1. The van der Waals surface area contributed by atoms with E-state index in [-0.39, 0.29) is 0 Å². The number of benzene rings is 8. The van der Waals surface area contributed by atoms with Gasteiger partial charge in [-0.05, 0) is 176 Å². The zero-order valence-corrected chi connectivity index (χ0v) is 65.9. The van der Waals surface area contributed by atoms with Gasteiger partial charge in [-0.2, -0.15) is 0 Å². The van der Waals surface area contributed by atoms with Crippen molar-refractivity contribution in [2.75, 3.05) is 0 Å². The lowest BCUT2D eigenvalue weighted by Gasteiger charge is -2.46. The fourth-order valence-corrected chi connectivity index (χ4v) is 66.7. The van der Waals surface area contributed by atoms with Crippen molar-refractivity contribution >= 4 is 134 Å². The summed E-state index contributed by atoms with van der Waals surface area (Å²) < 4.78 is 55.1. The van der Waals surface area contributed by atoms with Crippen LogP contribution in [-0.2, 0) is 28.8 Å². The fraction of sp³-hybridized carbons (Fsp3) is 0.304. The predicted octanol–water partition coefficient (Wildman–Crippen LogP) is 13.5. The molecule has 0 saturated carbocycles. The minimum Gasteiger partial charge on any atom is -0.449 e. The second kappa shape index (κ2) is 29.0. The molecule has 0 spiro atoms. The molecule has 18 heteroatoms. The molecule has 0 unspecified atom stereocenters. The summed E-state index contributed by atoms with van der Waals surface area (Å²) in [6.45, 7) is 35.9. The van der Waals surface area contributed by atoms with E-state index in [1.165, 1.54) is 20.7 Å². The first-order valence-corrected chi connectivity index (χ1v) is 60.8. The number of hydrogen-bond donors (Lipinski definition) is 0. The van der Waals surface area contributed by atoms with Gasteiger partial charge >= 0.3 is 25.7 Å². The van der Waals surface area contributed by atoms with Gasteiger partial charge in [0, 0.05) is 0 Å². The molecule has 7 nitrogen and oxygen atoms in total. The van der Waals surface area contributed by atoms with Crippen LogP contribution < -0.4 is 41.5 Å². The Morgan fingerprint density at radius 2 is 0.379 bits per heavy atom. The molecule has 0 bridgehead atoms. The van der Waals surface area contributed by atoms with E-state index in [0.29, 0.717) is 0 Å². The summed E-state index contributed by atoms with van der Waals surface area (Å²) >= 11 is 0. The van der Waals surface area contributed by atoms with Crippen molar-refractivity contribution in [3.05, 3.63) is 243 Å². The Bertz CT molecular complexity index is 3200. The molecule has 0 fully saturated rings. The van der Waals surface area contributed by atoms with E-state index in [9.17, 15) is 0 Å². The predicted molar refractivity (Wildman–Crippen MR) is 398 cm³/mol. The van der Waals surface area contributed by atoms with Crippen LogP contribution in [0.4, 0.5) is 0 Å². The Labute approximate surface area is 536 Å². The van der Waals surface area contributed by atoms with Crippen LogP contribution in [0.3, 0.4) is 0 Å². The van der Waals surface area contributed by atoms with Gasteiger partial charge in [-0.15, -0.1) is 0 Å². The molecule has 0 amide bonds. The zero-order valence-electron chi connectivity index (χ0n) is 54.8. The first-order valence-electron chi connectivity index (χ1n) is 31.5. The maximum Gasteiger partial charge on any atom is 0.386 e. The van der Waals surface area contributed by atoms with Crippen LogP contribution in [0.2, 0.25) is 134 Å². The van der Waals surface area contributed by atoms with E-state index in [2.05, 4.69) is 341 Å². The molecule has 0 saturated heterocycles. The van der Waals surface area contributed by atoms with E-state index in [0.717, 1.165) is 57.0 Å². The number of hydrogen-bond acceptors (Lipinski definition) is 7. The third-order valence-corrected chi connectivity index (χ3v) is 60.1. The molecule has 0 aromatic heterocycles. The lowest BCUT2D eigenvalue weighted by molar-refractivity contribution is 0.398. The highest BCUT2D eigenvalue weighted by molar-refractivity contribution is 7.05. The molecule has 87 heavy (non-hydrogen) atoms. The minimum atomic E-state index is -3.40. The van der Waals surface area contributed by atoms with Crippen molar-refractivity contribution in [3.63, 3.8) is 0 Å². The highest BCUT2D eigenvalue weighted by Crippen LogP contribution is 2.35. The summed E-state index contributed by atoms with van der Waals surface area (Å²) in [5.41, 5.74) is 0. The van der Waals surface area contributed by atoms with Crippen LogP contribution >= 0.6 is 0 Å². The Morgan fingerprint density at radius 1 is 0.218 bits per heavy atom. The average Bonchev–Trinajstić information content (AvgIpc) is 0.992. The van der Waals surface area contributed by atoms with E-state index in [1.807, 2.05) is 0 Å². The summed E-state index contributed by atoms with van der Waals surface area (Å²) in [6.07, 6.45) is 0. The molecule has 0 N–H and O–H groups in total. The van der Waals surface area contributed by atoms with Crippen LogP contribution in [-0.4, -0.2) is 92.9 Å². The van der Waals surface area contributed by atoms with Gasteiger partial charge in [-0.1, -0.05) is 243 Å². The maximum absolute atomic E-state index is 8.15. The Hall–Kier alpha value is -4.13. The first kappa shape index (κ1) is 68.8. The normalized spacial score (nSPS) is 13.5. The third kappa shape index (κ3) is 18.1. The topological polar surface area (TPSA) is 64.6 Å². The second-order valence-electron chi connectivity index (χ2n) is 27.6. The lowest BCUT2D eigenvalue weighted by Crippen LogP contribution is -2.71. The van der Waals surface area contributed by atoms with Gasteiger partial charge < -0.3 is 28.8 Å². The molecular weight excluding hydrogens is 1250 g/mol. The van der Waals surface area contributed by atoms with Crippen molar-refractivity contribution in [3.8, 4) is 0 Å². The van der Waals surface area contributed by atoms with E-state index < -0.39 is 92.9 Å². The van der Waals surface area contributed by atoms with Gasteiger partial charge in [0.15, 0.2) is 58.9 Å². The van der Waals surface area contributed by atoms with Crippen LogP contribution in [0.15, 0.2) is 243 Å². The molecule has 0 heterocycles. The molecule has 0 aliphatic carbocycles. The summed E-state index contributed by atoms with van der Waals surface area (Å²) in [5, 5.41) is 9.57. The highest BCUT2D eigenvalue weighted by atomic mass is 28.5. The monoisotopic (exact) mass is 1350 g/mol. The molecule has 0 radical (unpaired) electrons. The van der Waals surface area contributed by atoms with E-state index >= 15 is 0 Å². The van der Waals surface area contributed by atoms with Crippen molar-refractivity contribution in [1.29, 1.82) is 0 Å². The molecule has 8 rings (SSSR count). The summed E-state index contributed by atoms with van der Waals surface area (Å²) in [4.78, 5) is 0. The van der Waals surface area contributed by atoms with Gasteiger partial charge in [0.25, 0.3) is 0 Å². The Morgan fingerprint density at radius 3 is 0.575 bits per heavy atom. The third-order valence-electron chi connectivity index (χ3n) is 16.5. The van der Waals surface area contributed by atoms with Crippen molar-refractivity contribution in [2.45, 2.75) is 134 Å². The Kier molecular flexibility index (Phi) is 22.9. The fourth-order valence-electron chi connectivity index (χ4n) is 12.0. The molecule has 8 aromatic rings.